The Morgan fingerprint density at radius 2 is 1.15 bits per heavy atom. The van der Waals surface area contributed by atoms with Gasteiger partial charge in [-0.3, -0.25) is 9.59 Å². The van der Waals surface area contributed by atoms with Crippen molar-refractivity contribution in [1.82, 2.24) is 9.97 Å². The van der Waals surface area contributed by atoms with Gasteiger partial charge in [0.25, 0.3) is 19.1 Å². The zero-order valence-corrected chi connectivity index (χ0v) is 36.7. The van der Waals surface area contributed by atoms with Crippen molar-refractivity contribution in [2.24, 2.45) is 11.8 Å². The monoisotopic (exact) mass is 937 g/mol. The quantitative estimate of drug-likeness (QED) is 0.120. The number of ketones is 2. The molecule has 5 aromatic rings. The number of sulfonamides is 1. The maximum absolute atomic E-state index is 12.8. The summed E-state index contributed by atoms with van der Waals surface area (Å²) in [6, 6.07) is 21.0. The first-order chi connectivity index (χ1) is 27.9. The molecule has 59 heavy (non-hydrogen) atoms. The van der Waals surface area contributed by atoms with Gasteiger partial charge in [-0.05, 0) is 122 Å². The molecule has 18 heteroatoms. The van der Waals surface area contributed by atoms with Crippen LogP contribution in [0.2, 0.25) is 20.1 Å². The number of aryl methyl sites for hydroxylation is 1. The first-order valence-corrected chi connectivity index (χ1v) is 23.5. The summed E-state index contributed by atoms with van der Waals surface area (Å²) in [5, 5.41) is 1.85. The Balaban J connectivity index is 0.000000204. The number of carbonyl (C=O) groups is 2. The lowest BCUT2D eigenvalue weighted by atomic mass is 9.81. The highest BCUT2D eigenvalue weighted by Crippen LogP contribution is 2.33. The topological polar surface area (TPSA) is 159 Å². The fraction of sp³-hybridized carbons (Fsp3) is 0.268. The molecule has 0 fully saturated rings. The molecule has 1 aromatic heterocycles. The average molecular weight is 940 g/mol. The van der Waals surface area contributed by atoms with E-state index in [2.05, 4.69) is 14.7 Å². The molecule has 1 N–H and O–H groups in total. The van der Waals surface area contributed by atoms with E-state index in [9.17, 15) is 26.4 Å². The van der Waals surface area contributed by atoms with Gasteiger partial charge >= 0.3 is 0 Å². The number of nitrogens with zero attached hydrogens (tertiary/aromatic N) is 2. The summed E-state index contributed by atoms with van der Waals surface area (Å²) in [5.74, 6) is 0.744. The maximum Gasteiger partial charge on any atom is 0.264 e. The number of carbonyl (C=O) groups excluding carboxylic acids is 2. The summed E-state index contributed by atoms with van der Waals surface area (Å²) in [5.41, 5.74) is 4.00. The van der Waals surface area contributed by atoms with Gasteiger partial charge in [-0.1, -0.05) is 58.5 Å². The summed E-state index contributed by atoms with van der Waals surface area (Å²) in [7, 11) is -2.25. The number of hydrogen-bond donors (Lipinski definition) is 1. The molecule has 2 aliphatic carbocycles. The van der Waals surface area contributed by atoms with E-state index in [1.807, 2.05) is 0 Å². The van der Waals surface area contributed by atoms with E-state index < -0.39 is 19.1 Å². The van der Waals surface area contributed by atoms with Crippen LogP contribution in [-0.2, 0) is 54.3 Å². The van der Waals surface area contributed by atoms with Crippen LogP contribution in [0.3, 0.4) is 0 Å². The Morgan fingerprint density at radius 3 is 1.63 bits per heavy atom. The number of nitrogens with one attached hydrogen (secondary N) is 1. The van der Waals surface area contributed by atoms with Crippen molar-refractivity contribution >= 4 is 93.7 Å². The lowest BCUT2D eigenvalue weighted by Crippen LogP contribution is -2.27. The van der Waals surface area contributed by atoms with Crippen molar-refractivity contribution in [3.05, 3.63) is 133 Å². The number of anilines is 1. The fourth-order valence-corrected chi connectivity index (χ4v) is 9.41. The Morgan fingerprint density at radius 1 is 0.661 bits per heavy atom. The van der Waals surface area contributed by atoms with Gasteiger partial charge in [-0.2, -0.15) is 0 Å². The molecule has 4 aromatic carbocycles. The predicted molar refractivity (Wildman–Crippen MR) is 228 cm³/mol. The van der Waals surface area contributed by atoms with Crippen LogP contribution in [0.4, 0.5) is 5.95 Å². The molecule has 0 bridgehead atoms. The highest BCUT2D eigenvalue weighted by molar-refractivity contribution is 8.13. The standard InChI is InChI=1S/C23H21Cl2N3O4S.C18H15Cl3O4S/c1-14-6-8-26-23(27-14)28-33(30,31)19-4-2-15-12-21(29)16(10-17(15)11-19)7-9-32-22-5-3-18(24)13-20(22)25;19-14-2-4-18(16(20)10-14)25-6-5-12-7-13-8-15(26(21,23)24)3-1-11(13)9-17(12)22/h2-6,8,11,13,16H,7,9-10,12H2,1H3,(H,26,27,28);1-4,8,10,12H,5-7,9H2. The largest absolute Gasteiger partial charge is 0.492 e. The van der Waals surface area contributed by atoms with Crippen molar-refractivity contribution in [2.45, 2.75) is 55.2 Å². The van der Waals surface area contributed by atoms with Crippen LogP contribution >= 0.6 is 57.1 Å². The summed E-state index contributed by atoms with van der Waals surface area (Å²) in [4.78, 5) is 33.2. The first-order valence-electron chi connectivity index (χ1n) is 18.2. The van der Waals surface area contributed by atoms with Crippen LogP contribution < -0.4 is 14.2 Å². The normalized spacial score (nSPS) is 16.3. The molecule has 2 atom stereocenters. The van der Waals surface area contributed by atoms with Gasteiger partial charge in [0.2, 0.25) is 5.95 Å². The minimum absolute atomic E-state index is 0.0128. The molecule has 1 heterocycles. The second kappa shape index (κ2) is 19.2. The van der Waals surface area contributed by atoms with Crippen molar-refractivity contribution < 1.29 is 35.9 Å². The highest BCUT2D eigenvalue weighted by atomic mass is 35.7. The van der Waals surface area contributed by atoms with Gasteiger partial charge in [-0.15, -0.1) is 0 Å². The average Bonchev–Trinajstić information content (AvgIpc) is 3.16. The predicted octanol–water partition coefficient (Wildman–Crippen LogP) is 9.32. The summed E-state index contributed by atoms with van der Waals surface area (Å²) < 4.78 is 62.4. The molecular formula is C41H36Cl5N3O8S2. The van der Waals surface area contributed by atoms with E-state index in [-0.39, 0.29) is 52.0 Å². The molecule has 310 valence electrons. The van der Waals surface area contributed by atoms with Crippen LogP contribution in [0.25, 0.3) is 0 Å². The van der Waals surface area contributed by atoms with Gasteiger partial charge in [0.1, 0.15) is 23.1 Å². The number of ether oxygens (including phenoxy) is 2. The molecule has 2 unspecified atom stereocenters. The molecular weight excluding hydrogens is 904 g/mol. The van der Waals surface area contributed by atoms with Crippen molar-refractivity contribution in [2.75, 3.05) is 17.9 Å². The summed E-state index contributed by atoms with van der Waals surface area (Å²) in [6.07, 6.45) is 3.93. The van der Waals surface area contributed by atoms with Gasteiger partial charge in [0, 0.05) is 57.3 Å². The van der Waals surface area contributed by atoms with Crippen LogP contribution in [0.1, 0.15) is 40.8 Å². The van der Waals surface area contributed by atoms with E-state index in [4.69, 9.17) is 66.6 Å². The Labute approximate surface area is 366 Å². The minimum Gasteiger partial charge on any atom is -0.492 e. The van der Waals surface area contributed by atoms with Crippen LogP contribution in [0, 0.1) is 18.8 Å². The molecule has 7 rings (SSSR count). The second-order valence-corrected chi connectivity index (χ2v) is 19.9. The number of Topliss-reactive ketones (excluding diaryl/α,β-unsaturated/α-hetero) is 2. The SMILES string of the molecule is Cc1ccnc(NS(=O)(=O)c2ccc3c(c2)CC(CCOc2ccc(Cl)cc2Cl)C(=O)C3)n1.O=C1Cc2ccc(S(=O)(=O)Cl)cc2CC1CCOc1ccc(Cl)cc1Cl. The number of benzene rings is 4. The molecule has 0 aliphatic heterocycles. The molecule has 0 spiro atoms. The molecule has 0 saturated carbocycles. The number of hydrogen-bond acceptors (Lipinski definition) is 10. The third-order valence-electron chi connectivity index (χ3n) is 9.78. The van der Waals surface area contributed by atoms with Crippen molar-refractivity contribution in [3.8, 4) is 11.5 Å². The van der Waals surface area contributed by atoms with Gasteiger partial charge < -0.3 is 9.47 Å². The zero-order chi connectivity index (χ0) is 42.5. The molecule has 2 aliphatic rings. The molecule has 11 nitrogen and oxygen atoms in total. The van der Waals surface area contributed by atoms with E-state index >= 15 is 0 Å². The lowest BCUT2D eigenvalue weighted by molar-refractivity contribution is -0.123. The third-order valence-corrected chi connectivity index (χ3v) is 13.5. The Hall–Kier alpha value is -3.95. The van der Waals surface area contributed by atoms with E-state index in [0.29, 0.717) is 76.2 Å². The van der Waals surface area contributed by atoms with E-state index in [1.165, 1.54) is 18.3 Å². The lowest BCUT2D eigenvalue weighted by Gasteiger charge is -2.24. The third kappa shape index (κ3) is 11.9. The van der Waals surface area contributed by atoms with E-state index in [1.54, 1.807) is 73.7 Å². The number of fused-ring (bicyclic) bond motifs is 2. The Kier molecular flexibility index (Phi) is 14.5. The molecule has 0 radical (unpaired) electrons. The van der Waals surface area contributed by atoms with Crippen LogP contribution in [0.5, 0.6) is 11.5 Å². The van der Waals surface area contributed by atoms with Gasteiger partial charge in [0.15, 0.2) is 0 Å². The summed E-state index contributed by atoms with van der Waals surface area (Å²) in [6.45, 7) is 2.37. The fourth-order valence-electron chi connectivity index (χ4n) is 6.68. The van der Waals surface area contributed by atoms with Gasteiger partial charge in [-0.25, -0.2) is 31.5 Å². The number of rotatable bonds is 12. The number of halogens is 5. The summed E-state index contributed by atoms with van der Waals surface area (Å²) >= 11 is 23.9. The Bertz CT molecular complexity index is 2630. The van der Waals surface area contributed by atoms with E-state index in [0.717, 1.165) is 22.3 Å². The smallest absolute Gasteiger partial charge is 0.264 e. The number of aromatic nitrogens is 2. The minimum atomic E-state index is -3.87. The molecule has 0 saturated heterocycles. The second-order valence-electron chi connectivity index (χ2n) is 13.9. The van der Waals surface area contributed by atoms with Crippen LogP contribution in [-0.4, -0.2) is 51.6 Å². The first kappa shape index (κ1) is 44.6. The molecule has 0 amide bonds. The maximum atomic E-state index is 12.8. The van der Waals surface area contributed by atoms with Crippen LogP contribution in [0.15, 0.2) is 94.9 Å². The van der Waals surface area contributed by atoms with Gasteiger partial charge in [0.05, 0.1) is 33.0 Å². The van der Waals surface area contributed by atoms with Crippen molar-refractivity contribution in [1.29, 1.82) is 0 Å². The van der Waals surface area contributed by atoms with Crippen molar-refractivity contribution in [3.63, 3.8) is 0 Å². The highest BCUT2D eigenvalue weighted by Gasteiger charge is 2.29. The zero-order valence-electron chi connectivity index (χ0n) is 31.3.